The number of hydrogen-bond donors (Lipinski definition) is 1. The first-order valence-corrected chi connectivity index (χ1v) is 13.9. The number of benzene rings is 3. The highest BCUT2D eigenvalue weighted by Gasteiger charge is 2.37. The molecule has 0 radical (unpaired) electrons. The van der Waals surface area contributed by atoms with E-state index in [0.717, 1.165) is 41.2 Å². The van der Waals surface area contributed by atoms with Crippen molar-refractivity contribution in [2.75, 3.05) is 0 Å². The van der Waals surface area contributed by atoms with Crippen molar-refractivity contribution in [1.29, 1.82) is 0 Å². The zero-order valence-corrected chi connectivity index (χ0v) is 23.1. The molecule has 4 rings (SSSR count). The Balaban J connectivity index is 1.58. The first-order chi connectivity index (χ1) is 17.6. The summed E-state index contributed by atoms with van der Waals surface area (Å²) >= 11 is 0. The predicted molar refractivity (Wildman–Crippen MR) is 149 cm³/mol. The van der Waals surface area contributed by atoms with E-state index in [1.54, 1.807) is 24.3 Å². The summed E-state index contributed by atoms with van der Waals surface area (Å²) in [7, 11) is -4.29. The number of nitrogens with zero attached hydrogens (tertiary/aromatic N) is 1. The smallest absolute Gasteiger partial charge is 0.268 e. The first kappa shape index (κ1) is 27.3. The number of sulfonamides is 1. The summed E-state index contributed by atoms with van der Waals surface area (Å²) in [4.78, 5) is 22.6. The highest BCUT2D eigenvalue weighted by atomic mass is 32.2. The largest absolute Gasteiger partial charge is 0.270 e. The molecule has 1 N–H and O–H groups in total. The van der Waals surface area contributed by atoms with Crippen LogP contribution < -0.4 is 4.72 Å². The molecule has 0 bridgehead atoms. The van der Waals surface area contributed by atoms with Gasteiger partial charge in [0.15, 0.2) is 0 Å². The fourth-order valence-corrected chi connectivity index (χ4v) is 6.04. The Morgan fingerprint density at radius 2 is 1.47 bits per heavy atom. The normalized spacial score (nSPS) is 15.8. The summed E-state index contributed by atoms with van der Waals surface area (Å²) in [5.41, 5.74) is 6.44. The third kappa shape index (κ3) is 5.13. The Morgan fingerprint density at radius 3 is 2.05 bits per heavy atom. The van der Waals surface area contributed by atoms with Crippen LogP contribution in [0.25, 0.3) is 5.57 Å². The number of aryl methyl sites for hydroxylation is 1. The minimum Gasteiger partial charge on any atom is -0.268 e. The van der Waals surface area contributed by atoms with E-state index < -0.39 is 20.9 Å². The summed E-state index contributed by atoms with van der Waals surface area (Å²) in [6, 6.07) is 15.6. The Bertz CT molecular complexity index is 1570. The molecule has 0 spiro atoms. The van der Waals surface area contributed by atoms with Crippen molar-refractivity contribution in [1.82, 2.24) is 4.72 Å². The molecule has 0 aromatic heterocycles. The average Bonchev–Trinajstić information content (AvgIpc) is 2.86. The summed E-state index contributed by atoms with van der Waals surface area (Å²) in [5, 5.41) is 11.0. The molecule has 38 heavy (non-hydrogen) atoms. The SMILES string of the molecule is C=C(c1ccc(C(=O)NS(=O)(=O)c2cccc([N+](=O)[O-])c2)cc1)c1cc2c(cc1C)C(C)(C)CCC2(C)C. The number of rotatable bonds is 6. The zero-order valence-electron chi connectivity index (χ0n) is 22.3. The molecule has 0 atom stereocenters. The lowest BCUT2D eigenvalue weighted by molar-refractivity contribution is -0.385. The standard InChI is InChI=1S/C30H32N2O5S/c1-19-16-26-27(30(5,6)15-14-29(26,3)4)18-25(19)20(2)21-10-12-22(13-11-21)28(33)31-38(36,37)24-9-7-8-23(17-24)32(34)35/h7-13,16-18H,2,14-15H2,1,3-6H3,(H,31,33). The van der Waals surface area contributed by atoms with Gasteiger partial charge < -0.3 is 0 Å². The number of nitrogens with one attached hydrogen (secondary N) is 1. The average molecular weight is 533 g/mol. The van der Waals surface area contributed by atoms with Gasteiger partial charge in [-0.05, 0) is 82.2 Å². The molecule has 0 heterocycles. The summed E-state index contributed by atoms with van der Waals surface area (Å²) in [5.74, 6) is -0.831. The van der Waals surface area contributed by atoms with Crippen molar-refractivity contribution in [2.24, 2.45) is 0 Å². The molecule has 198 valence electrons. The van der Waals surface area contributed by atoms with Gasteiger partial charge in [-0.25, -0.2) is 13.1 Å². The predicted octanol–water partition coefficient (Wildman–Crippen LogP) is 6.43. The Morgan fingerprint density at radius 1 is 0.921 bits per heavy atom. The van der Waals surface area contributed by atoms with Crippen LogP contribution in [0.15, 0.2) is 72.1 Å². The van der Waals surface area contributed by atoms with E-state index in [9.17, 15) is 23.3 Å². The number of fused-ring (bicyclic) bond motifs is 1. The van der Waals surface area contributed by atoms with Crippen LogP contribution in [0, 0.1) is 17.0 Å². The lowest BCUT2D eigenvalue weighted by Crippen LogP contribution is -2.34. The molecule has 0 unspecified atom stereocenters. The van der Waals surface area contributed by atoms with Crippen LogP contribution in [0.2, 0.25) is 0 Å². The van der Waals surface area contributed by atoms with Gasteiger partial charge >= 0.3 is 0 Å². The van der Waals surface area contributed by atoms with Crippen LogP contribution in [0.1, 0.15) is 78.7 Å². The minimum absolute atomic E-state index is 0.0558. The second kappa shape index (κ2) is 9.51. The fraction of sp³-hybridized carbons (Fsp3) is 0.300. The number of carbonyl (C=O) groups excluding carboxylic acids is 1. The number of non-ortho nitro benzene ring substituents is 1. The van der Waals surface area contributed by atoms with Crippen LogP contribution in [0.3, 0.4) is 0 Å². The second-order valence-corrected chi connectivity index (χ2v) is 12.9. The first-order valence-electron chi connectivity index (χ1n) is 12.4. The van der Waals surface area contributed by atoms with Gasteiger partial charge in [-0.1, -0.05) is 64.6 Å². The molecule has 3 aromatic carbocycles. The zero-order chi connectivity index (χ0) is 28.0. The van der Waals surface area contributed by atoms with Gasteiger partial charge in [0.1, 0.15) is 0 Å². The number of carbonyl (C=O) groups is 1. The number of nitro groups is 1. The fourth-order valence-electron chi connectivity index (χ4n) is 5.03. The van der Waals surface area contributed by atoms with Gasteiger partial charge in [0.05, 0.1) is 9.82 Å². The Kier molecular flexibility index (Phi) is 6.82. The molecular weight excluding hydrogens is 500 g/mol. The van der Waals surface area contributed by atoms with Gasteiger partial charge in [0.25, 0.3) is 21.6 Å². The van der Waals surface area contributed by atoms with Crippen molar-refractivity contribution in [3.05, 3.63) is 111 Å². The molecule has 8 heteroatoms. The number of hydrogen-bond acceptors (Lipinski definition) is 5. The monoisotopic (exact) mass is 532 g/mol. The minimum atomic E-state index is -4.29. The van der Waals surface area contributed by atoms with Gasteiger partial charge in [-0.2, -0.15) is 0 Å². The lowest BCUT2D eigenvalue weighted by atomic mass is 9.62. The number of amides is 1. The van der Waals surface area contributed by atoms with Gasteiger partial charge in [0, 0.05) is 17.7 Å². The molecule has 1 aliphatic carbocycles. The van der Waals surface area contributed by atoms with E-state index in [1.165, 1.54) is 29.3 Å². The number of nitro benzene ring substituents is 1. The maximum Gasteiger partial charge on any atom is 0.270 e. The van der Waals surface area contributed by atoms with Crippen molar-refractivity contribution < 1.29 is 18.1 Å². The Labute approximate surface area is 223 Å². The van der Waals surface area contributed by atoms with E-state index in [-0.39, 0.29) is 27.0 Å². The maximum absolute atomic E-state index is 12.7. The van der Waals surface area contributed by atoms with Crippen LogP contribution >= 0.6 is 0 Å². The van der Waals surface area contributed by atoms with E-state index in [0.29, 0.717) is 0 Å². The van der Waals surface area contributed by atoms with Gasteiger partial charge in [-0.3, -0.25) is 14.9 Å². The maximum atomic E-state index is 12.7. The molecule has 0 fully saturated rings. The second-order valence-electron chi connectivity index (χ2n) is 11.2. The highest BCUT2D eigenvalue weighted by Crippen LogP contribution is 2.47. The van der Waals surface area contributed by atoms with E-state index in [4.69, 9.17) is 0 Å². The third-order valence-electron chi connectivity index (χ3n) is 7.58. The van der Waals surface area contributed by atoms with Gasteiger partial charge in [-0.15, -0.1) is 0 Å². The third-order valence-corrected chi connectivity index (χ3v) is 8.91. The molecule has 0 saturated carbocycles. The summed E-state index contributed by atoms with van der Waals surface area (Å²) in [6.45, 7) is 15.5. The van der Waals surface area contributed by atoms with E-state index in [1.807, 2.05) is 4.72 Å². The van der Waals surface area contributed by atoms with E-state index >= 15 is 0 Å². The molecule has 3 aromatic rings. The molecular formula is C30H32N2O5S. The van der Waals surface area contributed by atoms with Gasteiger partial charge in [0.2, 0.25) is 0 Å². The quantitative estimate of drug-likeness (QED) is 0.291. The molecule has 7 nitrogen and oxygen atoms in total. The topological polar surface area (TPSA) is 106 Å². The lowest BCUT2D eigenvalue weighted by Gasteiger charge is -2.42. The van der Waals surface area contributed by atoms with Crippen LogP contribution in [-0.4, -0.2) is 19.2 Å². The highest BCUT2D eigenvalue weighted by molar-refractivity contribution is 7.90. The van der Waals surface area contributed by atoms with Crippen molar-refractivity contribution >= 4 is 27.2 Å². The molecule has 0 saturated heterocycles. The van der Waals surface area contributed by atoms with Crippen molar-refractivity contribution in [3.63, 3.8) is 0 Å². The molecule has 1 aliphatic rings. The Hall–Kier alpha value is -3.78. The van der Waals surface area contributed by atoms with Crippen LogP contribution in [-0.2, 0) is 20.9 Å². The van der Waals surface area contributed by atoms with E-state index in [2.05, 4.69) is 53.3 Å². The molecule has 0 aliphatic heterocycles. The summed E-state index contributed by atoms with van der Waals surface area (Å²) < 4.78 is 27.3. The van der Waals surface area contributed by atoms with Crippen molar-refractivity contribution in [2.45, 2.75) is 63.2 Å². The molecule has 1 amide bonds. The van der Waals surface area contributed by atoms with Crippen LogP contribution in [0.4, 0.5) is 5.69 Å². The van der Waals surface area contributed by atoms with Crippen molar-refractivity contribution in [3.8, 4) is 0 Å². The van der Waals surface area contributed by atoms with Crippen LogP contribution in [0.5, 0.6) is 0 Å². The summed E-state index contributed by atoms with van der Waals surface area (Å²) in [6.07, 6.45) is 2.23.